The Bertz CT molecular complexity index is 46.0. The van der Waals surface area contributed by atoms with E-state index in [-0.39, 0.29) is 5.96 Å². The highest BCUT2D eigenvalue weighted by atomic mass is 16.4. The fraction of sp³-hybridized carbons (Fsp3) is 0. The molecule has 44 valence electrons. The lowest BCUT2D eigenvalue weighted by Crippen LogP contribution is -2.23. The molecule has 0 heterocycles. The van der Waals surface area contributed by atoms with Gasteiger partial charge in [0.25, 0.3) is 0 Å². The largest absolute Gasteiger partial charge is 0.369 e. The third-order valence-electron chi connectivity index (χ3n) is 0.149. The number of nitrogens with two attached hydrogens (primary N) is 4. The van der Waals surface area contributed by atoms with Gasteiger partial charge < -0.3 is 22.5 Å². The van der Waals surface area contributed by atoms with E-state index in [4.69, 9.17) is 16.7 Å². The number of nitrogens with zero attached hydrogens (tertiary/aromatic N) is 1. The molecule has 0 unspecified atom stereocenters. The number of hydrogen-bond donors (Lipinski definition) is 5. The summed E-state index contributed by atoms with van der Waals surface area (Å²) in [5, 5.41) is 9.36. The molecule has 0 aromatic rings. The maximum atomic E-state index is 6.50. The zero-order chi connectivity index (χ0) is 6.28. The lowest BCUT2D eigenvalue weighted by Gasteiger charge is -1.76. The SMILES string of the molecule is NN=C(N)N.NO. The molecule has 0 aromatic carbocycles. The van der Waals surface area contributed by atoms with E-state index in [0.717, 1.165) is 0 Å². The van der Waals surface area contributed by atoms with Gasteiger partial charge in [-0.05, 0) is 0 Å². The Labute approximate surface area is 40.7 Å². The van der Waals surface area contributed by atoms with Crippen LogP contribution >= 0.6 is 0 Å². The van der Waals surface area contributed by atoms with E-state index >= 15 is 0 Å². The van der Waals surface area contributed by atoms with Gasteiger partial charge in [0.1, 0.15) is 0 Å². The van der Waals surface area contributed by atoms with Crippen molar-refractivity contribution in [2.75, 3.05) is 0 Å². The first-order valence-electron chi connectivity index (χ1n) is 1.32. The maximum Gasteiger partial charge on any atom is 0.208 e. The van der Waals surface area contributed by atoms with Gasteiger partial charge in [-0.15, -0.1) is 5.10 Å². The maximum absolute atomic E-state index is 6.50. The molecule has 0 rings (SSSR count). The molecule has 9 N–H and O–H groups in total. The first kappa shape index (κ1) is 9.37. The number of rotatable bonds is 0. The lowest BCUT2D eigenvalue weighted by atomic mass is 11.1. The van der Waals surface area contributed by atoms with E-state index in [0.29, 0.717) is 0 Å². The summed E-state index contributed by atoms with van der Waals surface area (Å²) in [6.45, 7) is 0. The van der Waals surface area contributed by atoms with Crippen molar-refractivity contribution in [1.82, 2.24) is 0 Å². The van der Waals surface area contributed by atoms with Crippen LogP contribution in [0, 0.1) is 0 Å². The lowest BCUT2D eigenvalue weighted by molar-refractivity contribution is 0.311. The molecule has 0 aliphatic rings. The summed E-state index contributed by atoms with van der Waals surface area (Å²) < 4.78 is 0. The van der Waals surface area contributed by atoms with Crippen LogP contribution in [0.2, 0.25) is 0 Å². The molecule has 6 heteroatoms. The van der Waals surface area contributed by atoms with Crippen molar-refractivity contribution in [2.45, 2.75) is 0 Å². The second-order valence-electron chi connectivity index (χ2n) is 0.554. The minimum Gasteiger partial charge on any atom is -0.369 e. The van der Waals surface area contributed by atoms with Crippen molar-refractivity contribution in [3.8, 4) is 0 Å². The molecule has 0 saturated heterocycles. The van der Waals surface area contributed by atoms with Gasteiger partial charge in [0, 0.05) is 0 Å². The van der Waals surface area contributed by atoms with E-state index < -0.39 is 0 Å². The summed E-state index contributed by atoms with van der Waals surface area (Å²) in [4.78, 5) is 0. The third kappa shape index (κ3) is 45.5. The van der Waals surface area contributed by atoms with Crippen molar-refractivity contribution in [3.63, 3.8) is 0 Å². The fourth-order valence-electron chi connectivity index (χ4n) is 0. The smallest absolute Gasteiger partial charge is 0.208 e. The standard InChI is InChI=1S/CH6N4.H3NO/c2-1(3)5-4;1-2/h4H2,(H4,2,3,5);2H,1H2. The molecule has 0 fully saturated rings. The Morgan fingerprint density at radius 3 is 1.43 bits per heavy atom. The monoisotopic (exact) mass is 107 g/mol. The van der Waals surface area contributed by atoms with Crippen LogP contribution in [0.3, 0.4) is 0 Å². The second-order valence-corrected chi connectivity index (χ2v) is 0.554. The van der Waals surface area contributed by atoms with Crippen molar-refractivity contribution in [2.24, 2.45) is 28.3 Å². The fourth-order valence-corrected chi connectivity index (χ4v) is 0. The molecule has 7 heavy (non-hydrogen) atoms. The zero-order valence-electron chi connectivity index (χ0n) is 3.70. The molecular formula is CH9N5O. The first-order valence-corrected chi connectivity index (χ1v) is 1.32. The molecule has 0 aromatic heterocycles. The minimum atomic E-state index is -0.0926. The first-order chi connectivity index (χ1) is 3.27. The van der Waals surface area contributed by atoms with Gasteiger partial charge in [0.05, 0.1) is 0 Å². The molecular weight excluding hydrogens is 98.0 g/mol. The quantitative estimate of drug-likeness (QED) is 0.101. The average Bonchev–Trinajstić information content (AvgIpc) is 1.73. The molecule has 6 nitrogen and oxygen atoms in total. The normalized spacial score (nSPS) is 5.43. The Hall–Kier alpha value is -1.01. The Morgan fingerprint density at radius 1 is 1.29 bits per heavy atom. The van der Waals surface area contributed by atoms with Gasteiger partial charge in [-0.25, -0.2) is 5.90 Å². The van der Waals surface area contributed by atoms with E-state index in [1.165, 1.54) is 0 Å². The van der Waals surface area contributed by atoms with E-state index in [9.17, 15) is 0 Å². The van der Waals surface area contributed by atoms with Crippen molar-refractivity contribution >= 4 is 5.96 Å². The highest BCUT2D eigenvalue weighted by Gasteiger charge is 1.62. The predicted octanol–water partition coefficient (Wildman–Crippen LogP) is -2.53. The molecule has 0 bridgehead atoms. The molecule has 0 amide bonds. The van der Waals surface area contributed by atoms with E-state index in [1.54, 1.807) is 0 Å². The van der Waals surface area contributed by atoms with Gasteiger partial charge in [-0.3, -0.25) is 0 Å². The summed E-state index contributed by atoms with van der Waals surface area (Å²) in [5.74, 6) is 7.92. The Kier molecular flexibility index (Phi) is 11.9. The molecule has 0 atom stereocenters. The van der Waals surface area contributed by atoms with Crippen LogP contribution in [-0.4, -0.2) is 11.2 Å². The van der Waals surface area contributed by atoms with Crippen LogP contribution in [0.25, 0.3) is 0 Å². The summed E-state index contributed by atoms with van der Waals surface area (Å²) in [6, 6.07) is 0. The van der Waals surface area contributed by atoms with Crippen LogP contribution < -0.4 is 23.2 Å². The van der Waals surface area contributed by atoms with Crippen LogP contribution in [0.4, 0.5) is 0 Å². The zero-order valence-corrected chi connectivity index (χ0v) is 3.70. The Balaban J connectivity index is 0. The van der Waals surface area contributed by atoms with E-state index in [2.05, 4.69) is 16.8 Å². The summed E-state index contributed by atoms with van der Waals surface area (Å²) >= 11 is 0. The summed E-state index contributed by atoms with van der Waals surface area (Å²) in [6.07, 6.45) is 0. The van der Waals surface area contributed by atoms with Gasteiger partial charge in [-0.2, -0.15) is 0 Å². The molecule has 0 spiro atoms. The summed E-state index contributed by atoms with van der Waals surface area (Å²) in [5.41, 5.74) is 9.39. The van der Waals surface area contributed by atoms with Crippen molar-refractivity contribution < 1.29 is 5.21 Å². The van der Waals surface area contributed by atoms with E-state index in [1.807, 2.05) is 0 Å². The highest BCUT2D eigenvalue weighted by Crippen LogP contribution is 1.31. The second kappa shape index (κ2) is 8.89. The predicted molar refractivity (Wildman–Crippen MR) is 26.0 cm³/mol. The highest BCUT2D eigenvalue weighted by molar-refractivity contribution is 5.75. The third-order valence-corrected chi connectivity index (χ3v) is 0.149. The van der Waals surface area contributed by atoms with Crippen molar-refractivity contribution in [1.29, 1.82) is 0 Å². The minimum absolute atomic E-state index is 0.0926. The molecule has 0 aliphatic carbocycles. The summed E-state index contributed by atoms with van der Waals surface area (Å²) in [7, 11) is 0. The Morgan fingerprint density at radius 2 is 1.43 bits per heavy atom. The topological polar surface area (TPSA) is 137 Å². The molecule has 0 radical (unpaired) electrons. The average molecular weight is 107 g/mol. The number of hydrogen-bond acceptors (Lipinski definition) is 4. The van der Waals surface area contributed by atoms with Crippen LogP contribution in [0.15, 0.2) is 5.10 Å². The van der Waals surface area contributed by atoms with Gasteiger partial charge in [0.15, 0.2) is 0 Å². The van der Waals surface area contributed by atoms with Gasteiger partial charge >= 0.3 is 0 Å². The number of hydrazone groups is 1. The van der Waals surface area contributed by atoms with Crippen LogP contribution in [0.1, 0.15) is 0 Å². The van der Waals surface area contributed by atoms with Crippen LogP contribution in [0.5, 0.6) is 0 Å². The van der Waals surface area contributed by atoms with Crippen LogP contribution in [-0.2, 0) is 0 Å². The molecule has 0 saturated carbocycles. The van der Waals surface area contributed by atoms with Gasteiger partial charge in [-0.1, -0.05) is 0 Å². The van der Waals surface area contributed by atoms with Crippen molar-refractivity contribution in [3.05, 3.63) is 0 Å². The molecule has 0 aliphatic heterocycles. The number of guanidine groups is 1. The van der Waals surface area contributed by atoms with Gasteiger partial charge in [0.2, 0.25) is 5.96 Å².